The molecule has 0 unspecified atom stereocenters. The van der Waals surface area contributed by atoms with E-state index in [2.05, 4.69) is 21.2 Å². The first kappa shape index (κ1) is 14.9. The maximum atomic E-state index is 12.0. The Balaban J connectivity index is 2.05. The van der Waals surface area contributed by atoms with Gasteiger partial charge in [0.1, 0.15) is 11.5 Å². The molecule has 1 heterocycles. The standard InChI is InChI=1S/C14H14BrNO3S/c1-18-11-3-9(4-12(6-11)19-2)7-16-14(17)10-5-13(15)20-8-10/h3-6,8H,7H2,1-2H3,(H,16,17). The summed E-state index contributed by atoms with van der Waals surface area (Å²) in [6.45, 7) is 0.417. The van der Waals surface area contributed by atoms with Gasteiger partial charge in [0.2, 0.25) is 0 Å². The van der Waals surface area contributed by atoms with Crippen molar-refractivity contribution >= 4 is 33.2 Å². The summed E-state index contributed by atoms with van der Waals surface area (Å²) in [6.07, 6.45) is 0. The van der Waals surface area contributed by atoms with E-state index in [1.807, 2.05) is 17.5 Å². The molecule has 0 fully saturated rings. The molecule has 0 saturated carbocycles. The van der Waals surface area contributed by atoms with Crippen molar-refractivity contribution < 1.29 is 14.3 Å². The second-order valence-corrected chi connectivity index (χ2v) is 6.33. The predicted octanol–water partition coefficient (Wildman–Crippen LogP) is 3.46. The summed E-state index contributed by atoms with van der Waals surface area (Å²) in [5.41, 5.74) is 1.57. The molecule has 0 atom stereocenters. The lowest BCUT2D eigenvalue weighted by molar-refractivity contribution is 0.0951. The first-order valence-corrected chi connectivity index (χ1v) is 7.54. The van der Waals surface area contributed by atoms with E-state index in [4.69, 9.17) is 9.47 Å². The molecule has 20 heavy (non-hydrogen) atoms. The number of ether oxygens (including phenoxy) is 2. The van der Waals surface area contributed by atoms with Crippen LogP contribution in [0.3, 0.4) is 0 Å². The quantitative estimate of drug-likeness (QED) is 0.893. The number of carbonyl (C=O) groups excluding carboxylic acids is 1. The van der Waals surface area contributed by atoms with Crippen LogP contribution in [0.4, 0.5) is 0 Å². The monoisotopic (exact) mass is 355 g/mol. The van der Waals surface area contributed by atoms with Gasteiger partial charge in [-0.15, -0.1) is 11.3 Å². The van der Waals surface area contributed by atoms with Crippen molar-refractivity contribution in [1.82, 2.24) is 5.32 Å². The smallest absolute Gasteiger partial charge is 0.252 e. The molecular formula is C14H14BrNO3S. The third-order valence-corrected chi connectivity index (χ3v) is 4.20. The van der Waals surface area contributed by atoms with Crippen LogP contribution in [0, 0.1) is 0 Å². The molecule has 0 radical (unpaired) electrons. The van der Waals surface area contributed by atoms with Crippen LogP contribution in [0.5, 0.6) is 11.5 Å². The molecule has 1 N–H and O–H groups in total. The first-order chi connectivity index (χ1) is 9.62. The number of benzene rings is 1. The molecular weight excluding hydrogens is 342 g/mol. The summed E-state index contributed by atoms with van der Waals surface area (Å²) in [5, 5.41) is 4.68. The second-order valence-electron chi connectivity index (χ2n) is 4.04. The van der Waals surface area contributed by atoms with Gasteiger partial charge in [0, 0.05) is 18.0 Å². The van der Waals surface area contributed by atoms with Gasteiger partial charge in [-0.3, -0.25) is 4.79 Å². The van der Waals surface area contributed by atoms with E-state index in [-0.39, 0.29) is 5.91 Å². The van der Waals surface area contributed by atoms with Crippen molar-refractivity contribution in [2.24, 2.45) is 0 Å². The zero-order valence-corrected chi connectivity index (χ0v) is 13.5. The molecule has 0 bridgehead atoms. The van der Waals surface area contributed by atoms with Crippen molar-refractivity contribution in [2.45, 2.75) is 6.54 Å². The molecule has 0 saturated heterocycles. The summed E-state index contributed by atoms with van der Waals surface area (Å²) < 4.78 is 11.3. The minimum Gasteiger partial charge on any atom is -0.497 e. The summed E-state index contributed by atoms with van der Waals surface area (Å²) in [6, 6.07) is 7.33. The fourth-order valence-corrected chi connectivity index (χ4v) is 2.82. The minimum atomic E-state index is -0.103. The molecule has 1 aromatic carbocycles. The Labute approximate surface area is 129 Å². The van der Waals surface area contributed by atoms with Crippen LogP contribution in [0.1, 0.15) is 15.9 Å². The minimum absolute atomic E-state index is 0.103. The van der Waals surface area contributed by atoms with E-state index >= 15 is 0 Å². The SMILES string of the molecule is COc1cc(CNC(=O)c2csc(Br)c2)cc(OC)c1. The lowest BCUT2D eigenvalue weighted by atomic mass is 10.2. The van der Waals surface area contributed by atoms with Gasteiger partial charge in [0.05, 0.1) is 23.6 Å². The van der Waals surface area contributed by atoms with E-state index in [1.165, 1.54) is 11.3 Å². The number of nitrogens with one attached hydrogen (secondary N) is 1. The molecule has 0 aliphatic carbocycles. The molecule has 2 rings (SSSR count). The summed E-state index contributed by atoms with van der Waals surface area (Å²) in [4.78, 5) is 12.0. The molecule has 6 heteroatoms. The average Bonchev–Trinajstić information content (AvgIpc) is 2.91. The summed E-state index contributed by atoms with van der Waals surface area (Å²) >= 11 is 4.82. The molecule has 0 aliphatic heterocycles. The van der Waals surface area contributed by atoms with Crippen LogP contribution >= 0.6 is 27.3 Å². The number of methoxy groups -OCH3 is 2. The lowest BCUT2D eigenvalue weighted by Gasteiger charge is -2.09. The van der Waals surface area contributed by atoms with Crippen molar-refractivity contribution in [3.8, 4) is 11.5 Å². The third-order valence-electron chi connectivity index (χ3n) is 2.69. The maximum Gasteiger partial charge on any atom is 0.252 e. The van der Waals surface area contributed by atoms with Crippen LogP contribution in [0.2, 0.25) is 0 Å². The van der Waals surface area contributed by atoms with Gasteiger partial charge in [-0.25, -0.2) is 0 Å². The third kappa shape index (κ3) is 3.74. The van der Waals surface area contributed by atoms with Gasteiger partial charge in [-0.05, 0) is 39.7 Å². The van der Waals surface area contributed by atoms with E-state index in [1.54, 1.807) is 26.4 Å². The Morgan fingerprint density at radius 3 is 2.35 bits per heavy atom. The largest absolute Gasteiger partial charge is 0.497 e. The zero-order valence-electron chi connectivity index (χ0n) is 11.1. The molecule has 1 amide bonds. The highest BCUT2D eigenvalue weighted by molar-refractivity contribution is 9.11. The van der Waals surface area contributed by atoms with Crippen LogP contribution in [0.25, 0.3) is 0 Å². The Morgan fingerprint density at radius 2 is 1.85 bits per heavy atom. The Hall–Kier alpha value is -1.53. The normalized spacial score (nSPS) is 10.2. The Bertz CT molecular complexity index is 590. The molecule has 0 aliphatic rings. The highest BCUT2D eigenvalue weighted by Crippen LogP contribution is 2.23. The van der Waals surface area contributed by atoms with Crippen LogP contribution < -0.4 is 14.8 Å². The highest BCUT2D eigenvalue weighted by atomic mass is 79.9. The number of rotatable bonds is 5. The van der Waals surface area contributed by atoms with E-state index in [0.29, 0.717) is 23.6 Å². The molecule has 2 aromatic rings. The summed E-state index contributed by atoms with van der Waals surface area (Å²) in [5.74, 6) is 1.30. The van der Waals surface area contributed by atoms with Crippen molar-refractivity contribution in [1.29, 1.82) is 0 Å². The van der Waals surface area contributed by atoms with Crippen LogP contribution in [-0.4, -0.2) is 20.1 Å². The zero-order chi connectivity index (χ0) is 14.5. The lowest BCUT2D eigenvalue weighted by Crippen LogP contribution is -2.22. The second kappa shape index (κ2) is 6.76. The fourth-order valence-electron chi connectivity index (χ4n) is 1.68. The Kier molecular flexibility index (Phi) is 5.03. The molecule has 0 spiro atoms. The summed E-state index contributed by atoms with van der Waals surface area (Å²) in [7, 11) is 3.19. The predicted molar refractivity (Wildman–Crippen MR) is 82.7 cm³/mol. The highest BCUT2D eigenvalue weighted by Gasteiger charge is 2.08. The van der Waals surface area contributed by atoms with Gasteiger partial charge < -0.3 is 14.8 Å². The first-order valence-electron chi connectivity index (χ1n) is 5.86. The van der Waals surface area contributed by atoms with Crippen molar-refractivity contribution in [3.63, 3.8) is 0 Å². The molecule has 106 valence electrons. The van der Waals surface area contributed by atoms with Gasteiger partial charge in [0.15, 0.2) is 0 Å². The topological polar surface area (TPSA) is 47.6 Å². The number of amides is 1. The van der Waals surface area contributed by atoms with Gasteiger partial charge in [0.25, 0.3) is 5.91 Å². The van der Waals surface area contributed by atoms with E-state index in [0.717, 1.165) is 9.35 Å². The number of thiophene rings is 1. The van der Waals surface area contributed by atoms with E-state index in [9.17, 15) is 4.79 Å². The fraction of sp³-hybridized carbons (Fsp3) is 0.214. The average molecular weight is 356 g/mol. The van der Waals surface area contributed by atoms with Crippen LogP contribution in [0.15, 0.2) is 33.4 Å². The van der Waals surface area contributed by atoms with Crippen LogP contribution in [-0.2, 0) is 6.54 Å². The number of hydrogen-bond acceptors (Lipinski definition) is 4. The number of halogens is 1. The number of hydrogen-bond donors (Lipinski definition) is 1. The van der Waals surface area contributed by atoms with Crippen molar-refractivity contribution in [2.75, 3.05) is 14.2 Å². The van der Waals surface area contributed by atoms with Crippen molar-refractivity contribution in [3.05, 3.63) is 44.6 Å². The maximum absolute atomic E-state index is 12.0. The molecule has 1 aromatic heterocycles. The number of carbonyl (C=O) groups is 1. The van der Waals surface area contributed by atoms with E-state index < -0.39 is 0 Å². The molecule has 4 nitrogen and oxygen atoms in total. The van der Waals surface area contributed by atoms with Gasteiger partial charge >= 0.3 is 0 Å². The van der Waals surface area contributed by atoms with Gasteiger partial charge in [-0.1, -0.05) is 0 Å². The van der Waals surface area contributed by atoms with Gasteiger partial charge in [-0.2, -0.15) is 0 Å². The Morgan fingerprint density at radius 1 is 1.20 bits per heavy atom.